The zero-order chi connectivity index (χ0) is 18.5. The first kappa shape index (κ1) is 18.1. The molecule has 2 aromatic rings. The number of phenolic OH excluding ortho intramolecular Hbond substituents is 1. The summed E-state index contributed by atoms with van der Waals surface area (Å²) in [6.07, 6.45) is 1.54. The number of hydrogen-bond acceptors (Lipinski definition) is 5. The Balaban J connectivity index is 1.61. The Morgan fingerprint density at radius 2 is 1.77 bits per heavy atom. The number of rotatable bonds is 6. The van der Waals surface area contributed by atoms with Crippen molar-refractivity contribution in [2.75, 3.05) is 20.2 Å². The van der Waals surface area contributed by atoms with Gasteiger partial charge in [0.1, 0.15) is 29.4 Å². The Hall–Kier alpha value is -2.73. The number of phenols is 1. The van der Waals surface area contributed by atoms with Gasteiger partial charge >= 0.3 is 5.97 Å². The van der Waals surface area contributed by atoms with Crippen LogP contribution in [-0.4, -0.2) is 47.4 Å². The van der Waals surface area contributed by atoms with Crippen molar-refractivity contribution in [3.05, 3.63) is 54.1 Å². The molecular weight excluding hydrogens is 334 g/mol. The van der Waals surface area contributed by atoms with Gasteiger partial charge in [-0.1, -0.05) is 12.1 Å². The predicted octanol–water partition coefficient (Wildman–Crippen LogP) is 3.07. The maximum Gasteiger partial charge on any atom is 0.325 e. The summed E-state index contributed by atoms with van der Waals surface area (Å²) in [5.74, 6) is 0.728. The lowest BCUT2D eigenvalue weighted by Crippen LogP contribution is -2.42. The Bertz CT molecular complexity index is 738. The molecule has 1 atom stereocenters. The highest BCUT2D eigenvalue weighted by Crippen LogP contribution is 2.29. The first-order valence-corrected chi connectivity index (χ1v) is 8.63. The van der Waals surface area contributed by atoms with E-state index in [1.165, 1.54) is 12.1 Å². The molecule has 0 bridgehead atoms. The van der Waals surface area contributed by atoms with Crippen molar-refractivity contribution in [1.82, 2.24) is 4.90 Å². The molecule has 6 nitrogen and oxygen atoms in total. The molecule has 6 heteroatoms. The number of piperidine rings is 1. The fourth-order valence-electron chi connectivity index (χ4n) is 3.30. The van der Waals surface area contributed by atoms with Crippen molar-refractivity contribution >= 4 is 5.97 Å². The van der Waals surface area contributed by atoms with Crippen LogP contribution < -0.4 is 9.47 Å². The van der Waals surface area contributed by atoms with Gasteiger partial charge in [-0.25, -0.2) is 0 Å². The van der Waals surface area contributed by atoms with Gasteiger partial charge in [-0.2, -0.15) is 0 Å². The van der Waals surface area contributed by atoms with E-state index in [4.69, 9.17) is 9.47 Å². The molecular formula is C20H23NO5. The summed E-state index contributed by atoms with van der Waals surface area (Å²) in [5, 5.41) is 19.3. The molecule has 0 aliphatic carbocycles. The van der Waals surface area contributed by atoms with Crippen LogP contribution >= 0.6 is 0 Å². The summed E-state index contributed by atoms with van der Waals surface area (Å²) >= 11 is 0. The van der Waals surface area contributed by atoms with Crippen molar-refractivity contribution in [3.8, 4) is 17.2 Å². The molecule has 1 aliphatic rings. The number of carbonyl (C=O) groups is 1. The molecule has 26 heavy (non-hydrogen) atoms. The number of aliphatic carboxylic acids is 1. The van der Waals surface area contributed by atoms with E-state index < -0.39 is 12.0 Å². The second-order valence-corrected chi connectivity index (χ2v) is 6.36. The normalized spacial score (nSPS) is 16.8. The number of benzene rings is 2. The van der Waals surface area contributed by atoms with E-state index in [1.54, 1.807) is 19.2 Å². The third-order valence-electron chi connectivity index (χ3n) is 4.62. The summed E-state index contributed by atoms with van der Waals surface area (Å²) in [6, 6.07) is 13.1. The first-order valence-electron chi connectivity index (χ1n) is 8.63. The molecule has 0 unspecified atom stereocenters. The summed E-state index contributed by atoms with van der Waals surface area (Å²) in [6.45, 7) is 1.24. The van der Waals surface area contributed by atoms with E-state index in [0.717, 1.165) is 24.3 Å². The van der Waals surface area contributed by atoms with Gasteiger partial charge < -0.3 is 19.7 Å². The van der Waals surface area contributed by atoms with Crippen molar-refractivity contribution in [2.24, 2.45) is 0 Å². The number of hydrogen-bond donors (Lipinski definition) is 2. The highest BCUT2D eigenvalue weighted by Gasteiger charge is 2.31. The zero-order valence-corrected chi connectivity index (χ0v) is 14.7. The number of ether oxygens (including phenoxy) is 2. The van der Waals surface area contributed by atoms with Gasteiger partial charge in [-0.05, 0) is 54.8 Å². The molecule has 0 aromatic heterocycles. The van der Waals surface area contributed by atoms with Crippen molar-refractivity contribution in [3.63, 3.8) is 0 Å². The molecule has 138 valence electrons. The Labute approximate surface area is 152 Å². The van der Waals surface area contributed by atoms with Gasteiger partial charge in [0.2, 0.25) is 0 Å². The lowest BCUT2D eigenvalue weighted by molar-refractivity contribution is -0.144. The molecule has 3 rings (SSSR count). The van der Waals surface area contributed by atoms with E-state index in [2.05, 4.69) is 0 Å². The average molecular weight is 357 g/mol. The third kappa shape index (κ3) is 4.26. The van der Waals surface area contributed by atoms with Crippen molar-refractivity contribution < 1.29 is 24.5 Å². The Morgan fingerprint density at radius 3 is 2.35 bits per heavy atom. The van der Waals surface area contributed by atoms with Gasteiger partial charge in [0.15, 0.2) is 0 Å². The minimum Gasteiger partial charge on any atom is -0.508 e. The second kappa shape index (κ2) is 8.10. The number of carboxylic acids is 1. The summed E-state index contributed by atoms with van der Waals surface area (Å²) in [5.41, 5.74) is 0.590. The fraction of sp³-hybridized carbons (Fsp3) is 0.350. The molecule has 1 heterocycles. The van der Waals surface area contributed by atoms with Gasteiger partial charge in [0, 0.05) is 13.1 Å². The summed E-state index contributed by atoms with van der Waals surface area (Å²) in [7, 11) is 1.62. The molecule has 1 saturated heterocycles. The second-order valence-electron chi connectivity index (χ2n) is 6.36. The van der Waals surface area contributed by atoms with Crippen LogP contribution in [0.5, 0.6) is 17.2 Å². The van der Waals surface area contributed by atoms with Crippen LogP contribution in [0, 0.1) is 0 Å². The molecule has 0 radical (unpaired) electrons. The van der Waals surface area contributed by atoms with Gasteiger partial charge in [-0.3, -0.25) is 9.69 Å². The molecule has 2 N–H and O–H groups in total. The number of aromatic hydroxyl groups is 1. The minimum absolute atomic E-state index is 0.0539. The maximum atomic E-state index is 11.8. The molecule has 1 aliphatic heterocycles. The standard InChI is InChI=1S/C20H23NO5/c1-25-16-5-7-17(8-6-16)26-18-9-11-21(12-10-18)19(20(23)24)14-3-2-4-15(22)13-14/h2-8,13,18-19,22H,9-12H2,1H3,(H,23,24)/t19-/m1/s1. The predicted molar refractivity (Wildman–Crippen MR) is 96.7 cm³/mol. The topological polar surface area (TPSA) is 79.2 Å². The number of carboxylic acid groups (broad SMARTS) is 1. The van der Waals surface area contributed by atoms with Crippen LogP contribution in [-0.2, 0) is 4.79 Å². The van der Waals surface area contributed by atoms with Crippen LogP contribution in [0.2, 0.25) is 0 Å². The van der Waals surface area contributed by atoms with E-state index >= 15 is 0 Å². The monoisotopic (exact) mass is 357 g/mol. The van der Waals surface area contributed by atoms with Crippen LogP contribution in [0.25, 0.3) is 0 Å². The maximum absolute atomic E-state index is 11.8. The Morgan fingerprint density at radius 1 is 1.12 bits per heavy atom. The van der Waals surface area contributed by atoms with Crippen LogP contribution in [0.15, 0.2) is 48.5 Å². The number of likely N-dealkylation sites (tertiary alicyclic amines) is 1. The van der Waals surface area contributed by atoms with Gasteiger partial charge in [-0.15, -0.1) is 0 Å². The van der Waals surface area contributed by atoms with Crippen molar-refractivity contribution in [2.45, 2.75) is 25.0 Å². The molecule has 0 saturated carbocycles. The van der Waals surface area contributed by atoms with Gasteiger partial charge in [0.25, 0.3) is 0 Å². The SMILES string of the molecule is COc1ccc(OC2CCN([C@@H](C(=O)O)c3cccc(O)c3)CC2)cc1. The lowest BCUT2D eigenvalue weighted by atomic mass is 10.00. The smallest absolute Gasteiger partial charge is 0.325 e. The quantitative estimate of drug-likeness (QED) is 0.827. The highest BCUT2D eigenvalue weighted by molar-refractivity contribution is 5.75. The molecule has 0 spiro atoms. The van der Waals surface area contributed by atoms with E-state index in [0.29, 0.717) is 18.7 Å². The lowest BCUT2D eigenvalue weighted by Gasteiger charge is -2.35. The summed E-state index contributed by atoms with van der Waals surface area (Å²) < 4.78 is 11.1. The van der Waals surface area contributed by atoms with E-state index in [-0.39, 0.29) is 11.9 Å². The van der Waals surface area contributed by atoms with E-state index in [9.17, 15) is 15.0 Å². The van der Waals surface area contributed by atoms with Crippen LogP contribution in [0.1, 0.15) is 24.4 Å². The zero-order valence-electron chi connectivity index (χ0n) is 14.7. The first-order chi connectivity index (χ1) is 12.6. The van der Waals surface area contributed by atoms with Crippen molar-refractivity contribution in [1.29, 1.82) is 0 Å². The summed E-state index contributed by atoms with van der Waals surface area (Å²) in [4.78, 5) is 13.7. The van der Waals surface area contributed by atoms with Crippen LogP contribution in [0.4, 0.5) is 0 Å². The average Bonchev–Trinajstić information content (AvgIpc) is 2.64. The van der Waals surface area contributed by atoms with Crippen LogP contribution in [0.3, 0.4) is 0 Å². The highest BCUT2D eigenvalue weighted by atomic mass is 16.5. The third-order valence-corrected chi connectivity index (χ3v) is 4.62. The number of nitrogens with zero attached hydrogens (tertiary/aromatic N) is 1. The largest absolute Gasteiger partial charge is 0.508 e. The molecule has 0 amide bonds. The Kier molecular flexibility index (Phi) is 5.63. The van der Waals surface area contributed by atoms with E-state index in [1.807, 2.05) is 29.2 Å². The number of methoxy groups -OCH3 is 1. The fourth-order valence-corrected chi connectivity index (χ4v) is 3.30. The molecule has 1 fully saturated rings. The van der Waals surface area contributed by atoms with Gasteiger partial charge in [0.05, 0.1) is 7.11 Å². The molecule has 2 aromatic carbocycles. The minimum atomic E-state index is -0.912.